The number of hydrogen-bond donors (Lipinski definition) is 1. The lowest BCUT2D eigenvalue weighted by Crippen LogP contribution is -2.31. The molecule has 1 N–H and O–H groups in total. The molecule has 0 saturated heterocycles. The minimum atomic E-state index is -5.02. The van der Waals surface area contributed by atoms with Gasteiger partial charge in [0, 0.05) is 12.0 Å². The summed E-state index contributed by atoms with van der Waals surface area (Å²) in [6.07, 6.45) is -13.0. The zero-order valence-electron chi connectivity index (χ0n) is 11.6. The summed E-state index contributed by atoms with van der Waals surface area (Å²) < 4.78 is 93.7. The molecule has 23 heavy (non-hydrogen) atoms. The summed E-state index contributed by atoms with van der Waals surface area (Å²) in [5.41, 5.74) is -3.00. The molecule has 1 aromatic rings. The van der Waals surface area contributed by atoms with Crippen molar-refractivity contribution in [2.45, 2.75) is 62.3 Å². The van der Waals surface area contributed by atoms with E-state index in [2.05, 4.69) is 5.10 Å². The fourth-order valence-corrected chi connectivity index (χ4v) is 3.27. The molecule has 0 aromatic carbocycles. The number of aliphatic hydroxyl groups is 1. The van der Waals surface area contributed by atoms with Gasteiger partial charge in [0.15, 0.2) is 5.69 Å². The highest BCUT2D eigenvalue weighted by Gasteiger charge is 2.55. The van der Waals surface area contributed by atoms with Gasteiger partial charge >= 0.3 is 6.18 Å². The highest BCUT2D eigenvalue weighted by molar-refractivity contribution is 5.38. The van der Waals surface area contributed by atoms with Crippen molar-refractivity contribution in [1.82, 2.24) is 9.78 Å². The molecule has 4 atom stereocenters. The first-order valence-electron chi connectivity index (χ1n) is 7.05. The Morgan fingerprint density at radius 3 is 2.35 bits per heavy atom. The maximum absolute atomic E-state index is 13.6. The molecule has 130 valence electrons. The predicted molar refractivity (Wildman–Crippen MR) is 63.5 cm³/mol. The van der Waals surface area contributed by atoms with Crippen molar-refractivity contribution in [1.29, 1.82) is 0 Å². The Morgan fingerprint density at radius 1 is 1.13 bits per heavy atom. The molecule has 1 unspecified atom stereocenters. The van der Waals surface area contributed by atoms with Gasteiger partial charge in [-0.05, 0) is 12.8 Å². The van der Waals surface area contributed by atoms with Crippen LogP contribution in [0.2, 0.25) is 0 Å². The van der Waals surface area contributed by atoms with Crippen LogP contribution in [0.3, 0.4) is 0 Å². The van der Waals surface area contributed by atoms with Crippen LogP contribution in [0.25, 0.3) is 0 Å². The van der Waals surface area contributed by atoms with Crippen molar-refractivity contribution in [2.24, 2.45) is 0 Å². The summed E-state index contributed by atoms with van der Waals surface area (Å²) in [6.45, 7) is 0. The van der Waals surface area contributed by atoms with Crippen LogP contribution in [0.15, 0.2) is 0 Å². The molecular formula is C13H13F7N2O. The highest BCUT2D eigenvalue weighted by Crippen LogP contribution is 2.49. The number of alkyl halides is 7. The van der Waals surface area contributed by atoms with Crippen molar-refractivity contribution < 1.29 is 35.8 Å². The van der Waals surface area contributed by atoms with Gasteiger partial charge in [-0.15, -0.1) is 0 Å². The van der Waals surface area contributed by atoms with Crippen molar-refractivity contribution in [3.05, 3.63) is 17.0 Å². The van der Waals surface area contributed by atoms with E-state index in [1.165, 1.54) is 0 Å². The van der Waals surface area contributed by atoms with Crippen LogP contribution in [0.4, 0.5) is 30.7 Å². The zero-order valence-corrected chi connectivity index (χ0v) is 11.6. The molecule has 0 radical (unpaired) electrons. The van der Waals surface area contributed by atoms with Gasteiger partial charge in [-0.1, -0.05) is 0 Å². The fourth-order valence-electron chi connectivity index (χ4n) is 3.27. The summed E-state index contributed by atoms with van der Waals surface area (Å²) in [5.74, 6) is -3.75. The first-order valence-corrected chi connectivity index (χ1v) is 7.05. The molecule has 0 aliphatic heterocycles. The second-order valence-corrected chi connectivity index (χ2v) is 5.99. The van der Waals surface area contributed by atoms with Crippen molar-refractivity contribution >= 4 is 0 Å². The van der Waals surface area contributed by atoms with Crippen LogP contribution in [0.1, 0.15) is 48.4 Å². The maximum atomic E-state index is 13.6. The number of aliphatic hydroxyl groups excluding tert-OH is 1. The molecule has 1 heterocycles. The average molecular weight is 346 g/mol. The summed E-state index contributed by atoms with van der Waals surface area (Å²) in [6, 6.07) is -0.942. The smallest absolute Gasteiger partial charge is 0.382 e. The van der Waals surface area contributed by atoms with Gasteiger partial charge in [-0.2, -0.15) is 18.3 Å². The van der Waals surface area contributed by atoms with E-state index in [1.807, 2.05) is 0 Å². The Kier molecular flexibility index (Phi) is 3.66. The van der Waals surface area contributed by atoms with Gasteiger partial charge < -0.3 is 5.11 Å². The van der Waals surface area contributed by atoms with Crippen molar-refractivity contribution in [3.8, 4) is 0 Å². The Hall–Kier alpha value is -1.32. The van der Waals surface area contributed by atoms with E-state index >= 15 is 0 Å². The first kappa shape index (κ1) is 16.5. The van der Waals surface area contributed by atoms with Crippen LogP contribution in [-0.4, -0.2) is 33.2 Å². The van der Waals surface area contributed by atoms with Gasteiger partial charge in [-0.3, -0.25) is 4.68 Å². The molecule has 1 fully saturated rings. The average Bonchev–Trinajstić information content (AvgIpc) is 2.89. The van der Waals surface area contributed by atoms with Gasteiger partial charge in [0.1, 0.15) is 18.4 Å². The minimum Gasteiger partial charge on any atom is -0.382 e. The molecule has 0 spiro atoms. The van der Waals surface area contributed by atoms with E-state index in [1.54, 1.807) is 0 Å². The maximum Gasteiger partial charge on any atom is 0.435 e. The predicted octanol–water partition coefficient (Wildman–Crippen LogP) is 3.53. The number of fused-ring (bicyclic) bond motifs is 1. The van der Waals surface area contributed by atoms with E-state index in [0.29, 0.717) is 4.68 Å². The zero-order chi connectivity index (χ0) is 17.2. The SMILES string of the molecule is O[C@H]1c2c(C(F)(F)F)nn(C3CC[C@H](F)[C@H](F)C3)c2CC1(F)F. The first-order chi connectivity index (χ1) is 10.5. The summed E-state index contributed by atoms with van der Waals surface area (Å²) in [5, 5.41) is 12.8. The molecule has 1 saturated carbocycles. The second-order valence-electron chi connectivity index (χ2n) is 5.99. The number of rotatable bonds is 1. The highest BCUT2D eigenvalue weighted by atomic mass is 19.4. The molecule has 2 aliphatic carbocycles. The number of halogens is 7. The summed E-state index contributed by atoms with van der Waals surface area (Å²) in [4.78, 5) is 0. The third kappa shape index (κ3) is 2.60. The summed E-state index contributed by atoms with van der Waals surface area (Å²) >= 11 is 0. The molecule has 0 bridgehead atoms. The largest absolute Gasteiger partial charge is 0.435 e. The molecular weight excluding hydrogens is 333 g/mol. The monoisotopic (exact) mass is 346 g/mol. The summed E-state index contributed by atoms with van der Waals surface area (Å²) in [7, 11) is 0. The standard InChI is InChI=1S/C13H13F7N2O/c14-6-2-1-5(3-7(6)15)22-8-4-12(16,17)11(23)9(8)10(21-22)13(18,19)20/h5-7,11,23H,1-4H2/t5?,6-,7+,11-/m0/s1. The van der Waals surface area contributed by atoms with Crippen LogP contribution >= 0.6 is 0 Å². The molecule has 3 rings (SSSR count). The lowest BCUT2D eigenvalue weighted by molar-refractivity contribution is -0.146. The van der Waals surface area contributed by atoms with Gasteiger partial charge in [0.25, 0.3) is 5.92 Å². The van der Waals surface area contributed by atoms with Crippen LogP contribution in [-0.2, 0) is 12.6 Å². The van der Waals surface area contributed by atoms with E-state index in [9.17, 15) is 35.8 Å². The Balaban J connectivity index is 2.05. The molecule has 10 heteroatoms. The third-order valence-corrected chi connectivity index (χ3v) is 4.41. The van der Waals surface area contributed by atoms with Crippen LogP contribution in [0.5, 0.6) is 0 Å². The van der Waals surface area contributed by atoms with Gasteiger partial charge in [0.2, 0.25) is 0 Å². The van der Waals surface area contributed by atoms with Gasteiger partial charge in [-0.25, -0.2) is 17.6 Å². The van der Waals surface area contributed by atoms with E-state index in [0.717, 1.165) is 0 Å². The quantitative estimate of drug-likeness (QED) is 0.790. The molecule has 0 amide bonds. The normalized spacial score (nSPS) is 33.7. The Bertz CT molecular complexity index is 612. The fraction of sp³-hybridized carbons (Fsp3) is 0.769. The van der Waals surface area contributed by atoms with Crippen LogP contribution in [0, 0.1) is 0 Å². The number of aromatic nitrogens is 2. The van der Waals surface area contributed by atoms with Crippen molar-refractivity contribution in [2.75, 3.05) is 0 Å². The Labute approximate surface area is 126 Å². The Morgan fingerprint density at radius 2 is 1.78 bits per heavy atom. The number of hydrogen-bond acceptors (Lipinski definition) is 2. The second kappa shape index (κ2) is 5.09. The van der Waals surface area contributed by atoms with E-state index in [4.69, 9.17) is 0 Å². The lowest BCUT2D eigenvalue weighted by atomic mass is 9.92. The van der Waals surface area contributed by atoms with Crippen molar-refractivity contribution in [3.63, 3.8) is 0 Å². The van der Waals surface area contributed by atoms with Crippen LogP contribution < -0.4 is 0 Å². The third-order valence-electron chi connectivity index (χ3n) is 4.41. The number of nitrogens with zero attached hydrogens (tertiary/aromatic N) is 2. The van der Waals surface area contributed by atoms with E-state index < -0.39 is 66.4 Å². The molecule has 1 aromatic heterocycles. The minimum absolute atomic E-state index is 0.00529. The van der Waals surface area contributed by atoms with Gasteiger partial charge in [0.05, 0.1) is 18.2 Å². The molecule has 2 aliphatic rings. The molecule has 3 nitrogen and oxygen atoms in total. The lowest BCUT2D eigenvalue weighted by Gasteiger charge is -2.28. The van der Waals surface area contributed by atoms with E-state index in [-0.39, 0.29) is 12.8 Å². The topological polar surface area (TPSA) is 38.1 Å².